The zero-order valence-electron chi connectivity index (χ0n) is 12.7. The van der Waals surface area contributed by atoms with Crippen LogP contribution in [0.5, 0.6) is 0 Å². The average Bonchev–Trinajstić information content (AvgIpc) is 2.91. The van der Waals surface area contributed by atoms with Crippen LogP contribution in [-0.4, -0.2) is 37.6 Å². The highest BCUT2D eigenvalue weighted by Crippen LogP contribution is 2.37. The number of carbonyl (C=O) groups excluding carboxylic acids is 2. The van der Waals surface area contributed by atoms with E-state index in [1.807, 2.05) is 24.3 Å². The van der Waals surface area contributed by atoms with Gasteiger partial charge in [0.1, 0.15) is 0 Å². The largest absolute Gasteiger partial charge is 0.294 e. The predicted molar refractivity (Wildman–Crippen MR) is 86.6 cm³/mol. The highest BCUT2D eigenvalue weighted by molar-refractivity contribution is 7.89. The van der Waals surface area contributed by atoms with E-state index in [0.29, 0.717) is 6.42 Å². The monoisotopic (exact) mass is 342 g/mol. The van der Waals surface area contributed by atoms with Gasteiger partial charge in [-0.3, -0.25) is 14.9 Å². The molecule has 1 N–H and O–H groups in total. The third-order valence-corrected chi connectivity index (χ3v) is 6.11. The number of benzene rings is 2. The minimum atomic E-state index is -3.89. The fourth-order valence-corrected chi connectivity index (χ4v) is 4.62. The molecule has 122 valence electrons. The molecule has 6 nitrogen and oxygen atoms in total. The van der Waals surface area contributed by atoms with Crippen LogP contribution < -0.4 is 5.32 Å². The third kappa shape index (κ3) is 2.33. The highest BCUT2D eigenvalue weighted by atomic mass is 32.2. The summed E-state index contributed by atoms with van der Waals surface area (Å²) in [6.45, 7) is -0.684. The Labute approximate surface area is 139 Å². The Bertz CT molecular complexity index is 966. The number of hydrogen-bond acceptors (Lipinski definition) is 4. The zero-order valence-corrected chi connectivity index (χ0v) is 13.5. The molecule has 2 aromatic rings. The first-order valence-corrected chi connectivity index (χ1v) is 8.93. The van der Waals surface area contributed by atoms with Gasteiger partial charge in [0.25, 0.3) is 0 Å². The molecule has 1 aliphatic carbocycles. The lowest BCUT2D eigenvalue weighted by Gasteiger charge is -2.25. The van der Waals surface area contributed by atoms with Gasteiger partial charge in [0.2, 0.25) is 21.8 Å². The number of sulfonamides is 1. The average molecular weight is 342 g/mol. The number of rotatable bonds is 2. The molecule has 2 aliphatic rings. The molecule has 2 amide bonds. The van der Waals surface area contributed by atoms with Gasteiger partial charge in [-0.05, 0) is 40.8 Å². The third-order valence-electron chi connectivity index (χ3n) is 4.32. The molecule has 0 spiro atoms. The summed E-state index contributed by atoms with van der Waals surface area (Å²) in [6.07, 6.45) is 0.675. The van der Waals surface area contributed by atoms with Gasteiger partial charge in [0.15, 0.2) is 0 Å². The van der Waals surface area contributed by atoms with E-state index in [-0.39, 0.29) is 18.0 Å². The standard InChI is InChI=1S/C17H14N2O4S/c20-16-9-19(10-17(21)18-16)24(22,23)13-5-6-15-12(8-13)7-11-3-1-2-4-14(11)15/h1-6,8H,7,9-10H2,(H,18,20,21). The molecule has 1 saturated heterocycles. The van der Waals surface area contributed by atoms with Gasteiger partial charge < -0.3 is 0 Å². The van der Waals surface area contributed by atoms with Crippen LogP contribution in [0.2, 0.25) is 0 Å². The van der Waals surface area contributed by atoms with Gasteiger partial charge in [-0.2, -0.15) is 4.31 Å². The van der Waals surface area contributed by atoms with Crippen molar-refractivity contribution in [3.05, 3.63) is 53.6 Å². The summed E-state index contributed by atoms with van der Waals surface area (Å²) in [5.41, 5.74) is 4.24. The molecule has 7 heteroatoms. The molecule has 0 unspecified atom stereocenters. The fourth-order valence-electron chi connectivity index (χ4n) is 3.21. The highest BCUT2D eigenvalue weighted by Gasteiger charge is 2.33. The lowest BCUT2D eigenvalue weighted by atomic mass is 10.1. The van der Waals surface area contributed by atoms with Crippen LogP contribution in [0.15, 0.2) is 47.4 Å². The van der Waals surface area contributed by atoms with Crippen LogP contribution in [0.3, 0.4) is 0 Å². The van der Waals surface area contributed by atoms with Crippen molar-refractivity contribution in [2.75, 3.05) is 13.1 Å². The van der Waals surface area contributed by atoms with Gasteiger partial charge in [0.05, 0.1) is 18.0 Å². The van der Waals surface area contributed by atoms with Gasteiger partial charge >= 0.3 is 0 Å². The molecular formula is C17H14N2O4S. The topological polar surface area (TPSA) is 83.6 Å². The van der Waals surface area contributed by atoms with Gasteiger partial charge in [-0.15, -0.1) is 0 Å². The number of piperazine rings is 1. The minimum Gasteiger partial charge on any atom is -0.294 e. The molecule has 24 heavy (non-hydrogen) atoms. The predicted octanol–water partition coefficient (Wildman–Crippen LogP) is 0.905. The first kappa shape index (κ1) is 15.0. The number of nitrogens with zero attached hydrogens (tertiary/aromatic N) is 1. The maximum Gasteiger partial charge on any atom is 0.244 e. The van der Waals surface area contributed by atoms with Crippen molar-refractivity contribution in [1.29, 1.82) is 0 Å². The normalized spacial score (nSPS) is 17.3. The van der Waals surface area contributed by atoms with Crippen molar-refractivity contribution in [3.8, 4) is 11.1 Å². The van der Waals surface area contributed by atoms with Gasteiger partial charge in [-0.25, -0.2) is 8.42 Å². The summed E-state index contributed by atoms with van der Waals surface area (Å²) in [6, 6.07) is 12.9. The van der Waals surface area contributed by atoms with Crippen LogP contribution in [-0.2, 0) is 26.0 Å². The Hall–Kier alpha value is -2.51. The van der Waals surface area contributed by atoms with Crippen molar-refractivity contribution in [2.45, 2.75) is 11.3 Å². The van der Waals surface area contributed by atoms with Crippen LogP contribution >= 0.6 is 0 Å². The molecule has 1 heterocycles. The number of hydrogen-bond donors (Lipinski definition) is 1. The number of carbonyl (C=O) groups is 2. The first-order valence-electron chi connectivity index (χ1n) is 7.49. The van der Waals surface area contributed by atoms with Gasteiger partial charge in [-0.1, -0.05) is 30.3 Å². The molecule has 2 aromatic carbocycles. The van der Waals surface area contributed by atoms with Crippen LogP contribution in [0.1, 0.15) is 11.1 Å². The lowest BCUT2D eigenvalue weighted by molar-refractivity contribution is -0.134. The summed E-state index contributed by atoms with van der Waals surface area (Å²) in [4.78, 5) is 23.0. The van der Waals surface area contributed by atoms with Crippen LogP contribution in [0.25, 0.3) is 11.1 Å². The lowest BCUT2D eigenvalue weighted by Crippen LogP contribution is -2.53. The van der Waals surface area contributed by atoms with E-state index in [9.17, 15) is 18.0 Å². The van der Waals surface area contributed by atoms with Crippen molar-refractivity contribution in [3.63, 3.8) is 0 Å². The Kier molecular flexibility index (Phi) is 3.29. The molecule has 0 atom stereocenters. The summed E-state index contributed by atoms with van der Waals surface area (Å²) < 4.78 is 26.4. The minimum absolute atomic E-state index is 0.108. The molecule has 1 fully saturated rings. The Morgan fingerprint density at radius 2 is 1.54 bits per heavy atom. The van der Waals surface area contributed by atoms with E-state index in [1.165, 1.54) is 6.07 Å². The maximum atomic E-state index is 12.7. The Morgan fingerprint density at radius 3 is 2.29 bits per heavy atom. The molecule has 0 radical (unpaired) electrons. The zero-order chi connectivity index (χ0) is 16.9. The first-order chi connectivity index (χ1) is 11.4. The van der Waals surface area contributed by atoms with Gasteiger partial charge in [0, 0.05) is 0 Å². The Balaban J connectivity index is 1.72. The molecule has 0 saturated carbocycles. The quantitative estimate of drug-likeness (QED) is 0.702. The molecule has 1 aliphatic heterocycles. The Morgan fingerprint density at radius 1 is 0.875 bits per heavy atom. The van der Waals surface area contributed by atoms with E-state index in [0.717, 1.165) is 26.6 Å². The fraction of sp³-hybridized carbons (Fsp3) is 0.176. The summed E-state index contributed by atoms with van der Waals surface area (Å²) in [7, 11) is -3.89. The molecular weight excluding hydrogens is 328 g/mol. The van der Waals surface area contributed by atoms with E-state index < -0.39 is 21.8 Å². The molecule has 0 aromatic heterocycles. The van der Waals surface area contributed by atoms with E-state index >= 15 is 0 Å². The van der Waals surface area contributed by atoms with Crippen LogP contribution in [0, 0.1) is 0 Å². The summed E-state index contributed by atoms with van der Waals surface area (Å²) in [5, 5.41) is 2.10. The van der Waals surface area contributed by atoms with Crippen LogP contribution in [0.4, 0.5) is 0 Å². The summed E-state index contributed by atoms with van der Waals surface area (Å²) >= 11 is 0. The maximum absolute atomic E-state index is 12.7. The smallest absolute Gasteiger partial charge is 0.244 e. The summed E-state index contributed by atoms with van der Waals surface area (Å²) in [5.74, 6) is -1.22. The number of nitrogens with one attached hydrogen (secondary N) is 1. The number of amides is 2. The second kappa shape index (κ2) is 5.25. The van der Waals surface area contributed by atoms with E-state index in [2.05, 4.69) is 5.32 Å². The number of fused-ring (bicyclic) bond motifs is 3. The second-order valence-corrected chi connectivity index (χ2v) is 7.84. The molecule has 0 bridgehead atoms. The van der Waals surface area contributed by atoms with E-state index in [4.69, 9.17) is 0 Å². The second-order valence-electron chi connectivity index (χ2n) is 5.90. The van der Waals surface area contributed by atoms with E-state index in [1.54, 1.807) is 12.1 Å². The molecule has 4 rings (SSSR count). The van der Waals surface area contributed by atoms with Crippen molar-refractivity contribution in [2.24, 2.45) is 0 Å². The SMILES string of the molecule is O=C1CN(S(=O)(=O)c2ccc3c(c2)Cc2ccccc2-3)CC(=O)N1. The van der Waals surface area contributed by atoms with Crippen molar-refractivity contribution in [1.82, 2.24) is 9.62 Å². The number of imide groups is 1. The van der Waals surface area contributed by atoms with Crippen molar-refractivity contribution < 1.29 is 18.0 Å². The van der Waals surface area contributed by atoms with Crippen molar-refractivity contribution >= 4 is 21.8 Å².